The molecule has 1 unspecified atom stereocenters. The summed E-state index contributed by atoms with van der Waals surface area (Å²) < 4.78 is 23.6. The first-order valence-electron chi connectivity index (χ1n) is 9.25. The number of benzene rings is 1. The highest BCUT2D eigenvalue weighted by molar-refractivity contribution is 5.13. The molecule has 1 aliphatic carbocycles. The van der Waals surface area contributed by atoms with Crippen LogP contribution >= 0.6 is 0 Å². The van der Waals surface area contributed by atoms with E-state index in [9.17, 15) is 0 Å². The van der Waals surface area contributed by atoms with Crippen LogP contribution in [0.4, 0.5) is 0 Å². The summed E-state index contributed by atoms with van der Waals surface area (Å²) in [4.78, 5) is 0. The van der Waals surface area contributed by atoms with Crippen molar-refractivity contribution in [2.45, 2.75) is 63.1 Å². The Morgan fingerprint density at radius 3 is 2.58 bits per heavy atom. The van der Waals surface area contributed by atoms with Gasteiger partial charge in [0.2, 0.25) is 0 Å². The fraction of sp³-hybridized carbons (Fsp3) is 0.700. The first-order chi connectivity index (χ1) is 11.7. The fourth-order valence-corrected chi connectivity index (χ4v) is 4.19. The number of hydrogen-bond acceptors (Lipinski definition) is 4. The molecule has 132 valence electrons. The van der Waals surface area contributed by atoms with E-state index in [0.717, 1.165) is 38.7 Å². The molecule has 1 spiro atoms. The Balaban J connectivity index is 1.31. The summed E-state index contributed by atoms with van der Waals surface area (Å²) in [5.74, 6) is 0.158. The zero-order valence-corrected chi connectivity index (χ0v) is 14.5. The first-order valence-corrected chi connectivity index (χ1v) is 9.25. The quantitative estimate of drug-likeness (QED) is 0.745. The Labute approximate surface area is 144 Å². The number of epoxide rings is 1. The summed E-state index contributed by atoms with van der Waals surface area (Å²) in [7, 11) is 0. The summed E-state index contributed by atoms with van der Waals surface area (Å²) in [6.07, 6.45) is 5.67. The molecule has 3 aliphatic rings. The summed E-state index contributed by atoms with van der Waals surface area (Å²) in [5.41, 5.74) is 1.37. The lowest BCUT2D eigenvalue weighted by Crippen LogP contribution is -2.37. The molecule has 1 aromatic rings. The second-order valence-corrected chi connectivity index (χ2v) is 7.61. The van der Waals surface area contributed by atoms with Gasteiger partial charge in [-0.15, -0.1) is 0 Å². The number of ether oxygens (including phenoxy) is 4. The molecule has 24 heavy (non-hydrogen) atoms. The highest BCUT2D eigenvalue weighted by atomic mass is 16.7. The van der Waals surface area contributed by atoms with Gasteiger partial charge in [0.05, 0.1) is 38.1 Å². The first kappa shape index (κ1) is 16.5. The smallest absolute Gasteiger partial charge is 0.165 e. The van der Waals surface area contributed by atoms with Crippen molar-refractivity contribution in [1.29, 1.82) is 0 Å². The molecule has 4 rings (SSSR count). The molecule has 0 bridgehead atoms. The third kappa shape index (κ3) is 3.67. The monoisotopic (exact) mass is 332 g/mol. The molecular weight excluding hydrogens is 304 g/mol. The van der Waals surface area contributed by atoms with E-state index < -0.39 is 5.79 Å². The van der Waals surface area contributed by atoms with Crippen LogP contribution in [0, 0.1) is 5.92 Å². The van der Waals surface area contributed by atoms with E-state index >= 15 is 0 Å². The summed E-state index contributed by atoms with van der Waals surface area (Å²) in [5, 5.41) is 0. The van der Waals surface area contributed by atoms with E-state index in [1.165, 1.54) is 5.56 Å². The van der Waals surface area contributed by atoms with Crippen LogP contribution in [0.15, 0.2) is 30.3 Å². The third-order valence-corrected chi connectivity index (χ3v) is 5.87. The molecule has 0 radical (unpaired) electrons. The van der Waals surface area contributed by atoms with E-state index in [1.54, 1.807) is 0 Å². The van der Waals surface area contributed by atoms with Crippen molar-refractivity contribution in [1.82, 2.24) is 0 Å². The molecule has 0 amide bonds. The zero-order chi connectivity index (χ0) is 16.5. The molecule has 4 heteroatoms. The molecule has 1 aromatic carbocycles. The van der Waals surface area contributed by atoms with Crippen molar-refractivity contribution in [2.24, 2.45) is 5.92 Å². The Kier molecular flexibility index (Phi) is 4.65. The van der Waals surface area contributed by atoms with E-state index in [-0.39, 0.29) is 5.60 Å². The van der Waals surface area contributed by atoms with Gasteiger partial charge in [0.15, 0.2) is 5.79 Å². The van der Waals surface area contributed by atoms with E-state index in [1.807, 2.05) is 6.07 Å². The molecule has 0 N–H and O–H groups in total. The van der Waals surface area contributed by atoms with Crippen LogP contribution in [0.25, 0.3) is 0 Å². The van der Waals surface area contributed by atoms with E-state index in [2.05, 4.69) is 31.2 Å². The molecule has 3 atom stereocenters. The Morgan fingerprint density at radius 1 is 1.12 bits per heavy atom. The Morgan fingerprint density at radius 2 is 1.88 bits per heavy atom. The normalized spacial score (nSPS) is 34.5. The molecule has 3 fully saturated rings. The van der Waals surface area contributed by atoms with Gasteiger partial charge in [-0.1, -0.05) is 30.3 Å². The van der Waals surface area contributed by atoms with Gasteiger partial charge >= 0.3 is 0 Å². The van der Waals surface area contributed by atoms with Crippen molar-refractivity contribution in [3.8, 4) is 0 Å². The summed E-state index contributed by atoms with van der Waals surface area (Å²) >= 11 is 0. The van der Waals surface area contributed by atoms with Gasteiger partial charge in [0, 0.05) is 6.42 Å². The van der Waals surface area contributed by atoms with Gasteiger partial charge in [-0.3, -0.25) is 0 Å². The molecule has 2 aliphatic heterocycles. The van der Waals surface area contributed by atoms with Gasteiger partial charge < -0.3 is 18.9 Å². The minimum atomic E-state index is -0.395. The number of hydrogen-bond donors (Lipinski definition) is 0. The maximum absolute atomic E-state index is 6.20. The maximum atomic E-state index is 6.20. The largest absolute Gasteiger partial charge is 0.374 e. The van der Waals surface area contributed by atoms with Gasteiger partial charge in [0.1, 0.15) is 0 Å². The number of rotatable bonds is 6. The highest BCUT2D eigenvalue weighted by Gasteiger charge is 2.54. The Bertz CT molecular complexity index is 534. The standard InChI is InChI=1S/C20H28O4/c1-19(22-11-12-23-19)9-7-17-13-18(8-10-20(17)15-24-20)21-14-16-5-3-2-4-6-16/h2-6,17-18H,7-15H2,1H3/t17-,18+,20?/m0/s1. The van der Waals surface area contributed by atoms with Gasteiger partial charge in [-0.05, 0) is 44.1 Å². The zero-order valence-electron chi connectivity index (χ0n) is 14.5. The van der Waals surface area contributed by atoms with Crippen molar-refractivity contribution < 1.29 is 18.9 Å². The van der Waals surface area contributed by atoms with E-state index in [0.29, 0.717) is 31.8 Å². The van der Waals surface area contributed by atoms with Crippen molar-refractivity contribution in [3.05, 3.63) is 35.9 Å². The second kappa shape index (κ2) is 6.75. The molecule has 0 aromatic heterocycles. The molecule has 2 saturated heterocycles. The van der Waals surface area contributed by atoms with Crippen LogP contribution < -0.4 is 0 Å². The second-order valence-electron chi connectivity index (χ2n) is 7.61. The lowest BCUT2D eigenvalue weighted by molar-refractivity contribution is -0.151. The van der Waals surface area contributed by atoms with Crippen molar-refractivity contribution in [3.63, 3.8) is 0 Å². The molecule has 2 heterocycles. The predicted octanol–water partition coefficient (Wildman–Crippen LogP) is 3.68. The summed E-state index contributed by atoms with van der Waals surface area (Å²) in [6, 6.07) is 10.4. The Hall–Kier alpha value is -0.940. The van der Waals surface area contributed by atoms with Crippen LogP contribution in [0.2, 0.25) is 0 Å². The van der Waals surface area contributed by atoms with Crippen molar-refractivity contribution in [2.75, 3.05) is 19.8 Å². The van der Waals surface area contributed by atoms with Gasteiger partial charge in [-0.2, -0.15) is 0 Å². The van der Waals surface area contributed by atoms with Gasteiger partial charge in [-0.25, -0.2) is 0 Å². The van der Waals surface area contributed by atoms with Crippen LogP contribution in [-0.2, 0) is 25.6 Å². The van der Waals surface area contributed by atoms with E-state index in [4.69, 9.17) is 18.9 Å². The van der Waals surface area contributed by atoms with Crippen LogP contribution in [0.5, 0.6) is 0 Å². The molecule has 4 nitrogen and oxygen atoms in total. The topological polar surface area (TPSA) is 40.2 Å². The average Bonchev–Trinajstić information content (AvgIpc) is 3.25. The SMILES string of the molecule is CC1(CC[C@H]2C[C@H](OCc3ccccc3)CCC23CO3)OCCO1. The minimum absolute atomic E-state index is 0.127. The summed E-state index contributed by atoms with van der Waals surface area (Å²) in [6.45, 7) is 5.11. The lowest BCUT2D eigenvalue weighted by atomic mass is 9.75. The third-order valence-electron chi connectivity index (χ3n) is 5.87. The van der Waals surface area contributed by atoms with Crippen LogP contribution in [0.1, 0.15) is 44.6 Å². The fourth-order valence-electron chi connectivity index (χ4n) is 4.19. The van der Waals surface area contributed by atoms with Crippen molar-refractivity contribution >= 4 is 0 Å². The molecular formula is C20H28O4. The molecule has 1 saturated carbocycles. The maximum Gasteiger partial charge on any atom is 0.165 e. The average molecular weight is 332 g/mol. The highest BCUT2D eigenvalue weighted by Crippen LogP contribution is 2.49. The lowest BCUT2D eigenvalue weighted by Gasteiger charge is -2.36. The van der Waals surface area contributed by atoms with Crippen LogP contribution in [-0.4, -0.2) is 37.3 Å². The minimum Gasteiger partial charge on any atom is -0.374 e. The predicted molar refractivity (Wildman–Crippen MR) is 90.6 cm³/mol. The van der Waals surface area contributed by atoms with Gasteiger partial charge in [0.25, 0.3) is 0 Å². The van der Waals surface area contributed by atoms with Crippen LogP contribution in [0.3, 0.4) is 0 Å².